The predicted molar refractivity (Wildman–Crippen MR) is 114 cm³/mol. The van der Waals surface area contributed by atoms with Crippen molar-refractivity contribution in [2.24, 2.45) is 0 Å². The van der Waals surface area contributed by atoms with Gasteiger partial charge in [-0.05, 0) is 35.4 Å². The van der Waals surface area contributed by atoms with Crippen LogP contribution >= 0.6 is 0 Å². The molecular weight excluding hydrogens is 349 g/mol. The fraction of sp³-hybridized carbons (Fsp3) is 0.136. The van der Waals surface area contributed by atoms with Crippen molar-refractivity contribution in [3.05, 3.63) is 66.0 Å². The molecule has 6 heteroatoms. The minimum atomic E-state index is -0.0928. The number of aromatic amines is 1. The summed E-state index contributed by atoms with van der Waals surface area (Å²) in [5.41, 5.74) is 7.57. The summed E-state index contributed by atoms with van der Waals surface area (Å²) >= 11 is 0. The van der Waals surface area contributed by atoms with E-state index >= 15 is 0 Å². The van der Waals surface area contributed by atoms with Crippen LogP contribution < -0.4 is 15.5 Å². The number of anilines is 1. The zero-order chi connectivity index (χ0) is 19.3. The van der Waals surface area contributed by atoms with Gasteiger partial charge < -0.3 is 20.1 Å². The molecule has 0 aliphatic carbocycles. The molecule has 0 fully saturated rings. The molecule has 3 N–H and O–H groups in total. The largest absolute Gasteiger partial charge is 0.504 e. The van der Waals surface area contributed by atoms with Gasteiger partial charge in [-0.1, -0.05) is 30.5 Å². The zero-order valence-electron chi connectivity index (χ0n) is 15.8. The average Bonchev–Trinajstić information content (AvgIpc) is 3.10. The number of hydrogen-bond donors (Lipinski definition) is 3. The van der Waals surface area contributed by atoms with E-state index in [0.29, 0.717) is 5.75 Å². The van der Waals surface area contributed by atoms with E-state index in [1.807, 2.05) is 24.5 Å². The van der Waals surface area contributed by atoms with Gasteiger partial charge in [0.25, 0.3) is 0 Å². The lowest BCUT2D eigenvalue weighted by atomic mass is 9.69. The second-order valence-corrected chi connectivity index (χ2v) is 7.03. The van der Waals surface area contributed by atoms with Gasteiger partial charge in [0.2, 0.25) is 0 Å². The fourth-order valence-corrected chi connectivity index (χ4v) is 4.22. The second kappa shape index (κ2) is 6.34. The first-order valence-electron chi connectivity index (χ1n) is 9.43. The first kappa shape index (κ1) is 16.7. The third kappa shape index (κ3) is 2.38. The zero-order valence-corrected chi connectivity index (χ0v) is 15.8. The van der Waals surface area contributed by atoms with Crippen LogP contribution in [0.25, 0.3) is 22.2 Å². The lowest BCUT2D eigenvalue weighted by Gasteiger charge is -2.23. The predicted octanol–water partition coefficient (Wildman–Crippen LogP) is 3.57. The van der Waals surface area contributed by atoms with Crippen LogP contribution in [0.5, 0.6) is 11.5 Å². The summed E-state index contributed by atoms with van der Waals surface area (Å²) in [6.07, 6.45) is 3.87. The summed E-state index contributed by atoms with van der Waals surface area (Å²) < 4.78 is 5.40. The van der Waals surface area contributed by atoms with Gasteiger partial charge in [-0.25, -0.2) is 4.98 Å². The van der Waals surface area contributed by atoms with Gasteiger partial charge in [-0.15, -0.1) is 0 Å². The molecule has 2 aromatic heterocycles. The van der Waals surface area contributed by atoms with E-state index in [9.17, 15) is 5.11 Å². The van der Waals surface area contributed by atoms with E-state index in [2.05, 4.69) is 46.4 Å². The lowest BCUT2D eigenvalue weighted by molar-refractivity contribution is 0.373. The Morgan fingerprint density at radius 3 is 2.79 bits per heavy atom. The monoisotopic (exact) mass is 369 g/mol. The van der Waals surface area contributed by atoms with Gasteiger partial charge in [-0.3, -0.25) is 0 Å². The molecule has 0 amide bonds. The van der Waals surface area contributed by atoms with Crippen LogP contribution in [-0.4, -0.2) is 29.5 Å². The number of phenolic OH excluding ortho intramolecular Hbond substituents is 1. The van der Waals surface area contributed by atoms with Crippen LogP contribution in [0.1, 0.15) is 17.2 Å². The lowest BCUT2D eigenvalue weighted by Crippen LogP contribution is -2.24. The first-order chi connectivity index (χ1) is 13.7. The Hall–Kier alpha value is -3.41. The number of fused-ring (bicyclic) bond motifs is 2. The number of phenols is 1. The highest BCUT2D eigenvalue weighted by molar-refractivity contribution is 6.52. The number of rotatable bonds is 3. The van der Waals surface area contributed by atoms with E-state index in [0.717, 1.165) is 51.7 Å². The smallest absolute Gasteiger partial charge is 0.160 e. The first-order valence-corrected chi connectivity index (χ1v) is 9.43. The summed E-state index contributed by atoms with van der Waals surface area (Å²) in [5.74, 6) is 0.642. The highest BCUT2D eigenvalue weighted by Gasteiger charge is 2.28. The molecule has 0 saturated carbocycles. The number of H-pyrrole nitrogens is 1. The number of aromatic nitrogens is 2. The average molecular weight is 369 g/mol. The van der Waals surface area contributed by atoms with Crippen molar-refractivity contribution < 1.29 is 9.84 Å². The Morgan fingerprint density at radius 2 is 1.96 bits per heavy atom. The number of hydrogen-bond acceptors (Lipinski definition) is 4. The number of nitrogens with zero attached hydrogens (tertiary/aromatic N) is 1. The number of pyridine rings is 1. The molecule has 1 aliphatic rings. The van der Waals surface area contributed by atoms with E-state index in [4.69, 9.17) is 4.74 Å². The van der Waals surface area contributed by atoms with Gasteiger partial charge >= 0.3 is 0 Å². The van der Waals surface area contributed by atoms with Crippen LogP contribution in [0.2, 0.25) is 6.82 Å². The van der Waals surface area contributed by atoms with Crippen molar-refractivity contribution in [2.45, 2.75) is 12.9 Å². The molecule has 0 radical (unpaired) electrons. The van der Waals surface area contributed by atoms with Gasteiger partial charge in [0.15, 0.2) is 18.8 Å². The highest BCUT2D eigenvalue weighted by atomic mass is 16.5. The summed E-state index contributed by atoms with van der Waals surface area (Å²) in [4.78, 5) is 7.85. The molecule has 3 heterocycles. The molecular formula is C22H20BN3O2. The molecule has 0 bridgehead atoms. The van der Waals surface area contributed by atoms with Crippen molar-refractivity contribution in [2.75, 3.05) is 12.4 Å². The maximum atomic E-state index is 10.3. The maximum absolute atomic E-state index is 10.3. The number of nitrogens with one attached hydrogen (secondary N) is 2. The van der Waals surface area contributed by atoms with E-state index < -0.39 is 0 Å². The van der Waals surface area contributed by atoms with Crippen molar-refractivity contribution in [1.29, 1.82) is 0 Å². The van der Waals surface area contributed by atoms with Crippen LogP contribution in [0.15, 0.2) is 54.9 Å². The second-order valence-electron chi connectivity index (χ2n) is 7.03. The third-order valence-corrected chi connectivity index (χ3v) is 5.56. The standard InChI is InChI=1S/C22H20BN3O2/c1-23-16-10-18(27)19(28-2)9-14(16)21-15-11-25-22-20(15)13(7-8-24-22)12-5-3-4-6-17(12)26-21/h3-11,21,23,26-27H,1-2H3,(H,24,25). The summed E-state index contributed by atoms with van der Waals surface area (Å²) in [6.45, 7) is 2.09. The van der Waals surface area contributed by atoms with Crippen LogP contribution in [0.4, 0.5) is 5.69 Å². The number of aromatic hydroxyl groups is 1. The minimum absolute atomic E-state index is 0.0928. The van der Waals surface area contributed by atoms with Crippen molar-refractivity contribution in [3.8, 4) is 22.6 Å². The Kier molecular flexibility index (Phi) is 3.79. The number of ether oxygens (including phenoxy) is 1. The normalized spacial score (nSPS) is 14.9. The van der Waals surface area contributed by atoms with Gasteiger partial charge in [0.05, 0.1) is 13.2 Å². The summed E-state index contributed by atoms with van der Waals surface area (Å²) in [6, 6.07) is 14.1. The molecule has 4 aromatic rings. The summed E-state index contributed by atoms with van der Waals surface area (Å²) in [5, 5.41) is 15.1. The van der Waals surface area contributed by atoms with Gasteiger partial charge in [0, 0.05) is 34.6 Å². The van der Waals surface area contributed by atoms with Crippen molar-refractivity contribution in [3.63, 3.8) is 0 Å². The molecule has 1 aliphatic heterocycles. The Morgan fingerprint density at radius 1 is 1.11 bits per heavy atom. The molecule has 1 unspecified atom stereocenters. The Bertz CT molecular complexity index is 1200. The number of para-hydroxylation sites is 1. The molecule has 138 valence electrons. The van der Waals surface area contributed by atoms with Gasteiger partial charge in [0.1, 0.15) is 5.65 Å². The van der Waals surface area contributed by atoms with Crippen LogP contribution in [-0.2, 0) is 0 Å². The molecule has 5 rings (SSSR count). The molecule has 0 saturated heterocycles. The third-order valence-electron chi connectivity index (χ3n) is 5.56. The quantitative estimate of drug-likeness (QED) is 0.483. The van der Waals surface area contributed by atoms with Crippen LogP contribution in [0.3, 0.4) is 0 Å². The molecule has 5 nitrogen and oxygen atoms in total. The highest BCUT2D eigenvalue weighted by Crippen LogP contribution is 2.44. The molecule has 1 atom stereocenters. The molecule has 28 heavy (non-hydrogen) atoms. The SMILES string of the molecule is CBc1cc(O)c(OC)cc1C1Nc2ccccc2-c2ccnc3[nH]cc1c23. The summed E-state index contributed by atoms with van der Waals surface area (Å²) in [7, 11) is 2.38. The van der Waals surface area contributed by atoms with E-state index in [1.165, 1.54) is 0 Å². The fourth-order valence-electron chi connectivity index (χ4n) is 4.22. The van der Waals surface area contributed by atoms with Crippen molar-refractivity contribution >= 4 is 29.5 Å². The molecule has 0 spiro atoms. The van der Waals surface area contributed by atoms with E-state index in [1.54, 1.807) is 13.2 Å². The van der Waals surface area contributed by atoms with Crippen LogP contribution in [0, 0.1) is 0 Å². The number of benzene rings is 2. The minimum Gasteiger partial charge on any atom is -0.504 e. The van der Waals surface area contributed by atoms with E-state index in [-0.39, 0.29) is 11.8 Å². The van der Waals surface area contributed by atoms with Crippen molar-refractivity contribution in [1.82, 2.24) is 9.97 Å². The maximum Gasteiger partial charge on any atom is 0.160 e. The Labute approximate surface area is 163 Å². The van der Waals surface area contributed by atoms with Gasteiger partial charge in [-0.2, -0.15) is 0 Å². The topological polar surface area (TPSA) is 70.2 Å². The molecule has 2 aromatic carbocycles. The number of methoxy groups -OCH3 is 1. The Balaban J connectivity index is 1.83.